The molecule has 0 saturated carbocycles. The predicted octanol–water partition coefficient (Wildman–Crippen LogP) is 2.57. The Bertz CT molecular complexity index is 792. The van der Waals surface area contributed by atoms with Crippen LogP contribution in [-0.2, 0) is 0 Å². The van der Waals surface area contributed by atoms with Crippen LogP contribution < -0.4 is 14.4 Å². The van der Waals surface area contributed by atoms with Gasteiger partial charge in [0, 0.05) is 49.3 Å². The molecule has 1 aromatic carbocycles. The summed E-state index contributed by atoms with van der Waals surface area (Å²) in [5.41, 5.74) is 1.73. The number of anilines is 1. The standard InChI is InChI=1S/C20H27N5O2S/c1-26-18-4-3-15(13-19(18)27-2)17-14-21-23-20(22-17)25-7-5-16(6-8-25)24-9-11-28-12-10-24/h3-4,13-14,16H,5-12H2,1-2H3. The Morgan fingerprint density at radius 2 is 1.75 bits per heavy atom. The molecule has 2 fully saturated rings. The largest absolute Gasteiger partial charge is 0.493 e. The fourth-order valence-electron chi connectivity index (χ4n) is 3.94. The third-order valence-corrected chi connectivity index (χ3v) is 6.48. The van der Waals surface area contributed by atoms with Crippen molar-refractivity contribution in [2.75, 3.05) is 56.8 Å². The summed E-state index contributed by atoms with van der Waals surface area (Å²) in [6, 6.07) is 6.47. The summed E-state index contributed by atoms with van der Waals surface area (Å²) in [6.07, 6.45) is 4.02. The lowest BCUT2D eigenvalue weighted by Gasteiger charge is -2.39. The summed E-state index contributed by atoms with van der Waals surface area (Å²) in [5, 5.41) is 8.50. The quantitative estimate of drug-likeness (QED) is 0.758. The summed E-state index contributed by atoms with van der Waals surface area (Å²) < 4.78 is 10.7. The molecule has 0 atom stereocenters. The fourth-order valence-corrected chi connectivity index (χ4v) is 4.87. The van der Waals surface area contributed by atoms with Gasteiger partial charge in [0.2, 0.25) is 5.95 Å². The number of ether oxygens (including phenoxy) is 2. The van der Waals surface area contributed by atoms with E-state index in [1.807, 2.05) is 18.2 Å². The molecule has 0 spiro atoms. The van der Waals surface area contributed by atoms with Gasteiger partial charge in [0.15, 0.2) is 11.5 Å². The molecule has 2 aliphatic heterocycles. The molecule has 0 amide bonds. The van der Waals surface area contributed by atoms with Gasteiger partial charge in [0.05, 0.1) is 26.1 Å². The van der Waals surface area contributed by atoms with Crippen LogP contribution in [0.5, 0.6) is 11.5 Å². The van der Waals surface area contributed by atoms with Gasteiger partial charge >= 0.3 is 0 Å². The lowest BCUT2D eigenvalue weighted by atomic mass is 10.0. The van der Waals surface area contributed by atoms with Gasteiger partial charge < -0.3 is 14.4 Å². The molecule has 2 aromatic rings. The third kappa shape index (κ3) is 4.17. The summed E-state index contributed by atoms with van der Waals surface area (Å²) in [7, 11) is 3.27. The van der Waals surface area contributed by atoms with Crippen LogP contribution in [0.15, 0.2) is 24.4 Å². The van der Waals surface area contributed by atoms with Gasteiger partial charge in [-0.05, 0) is 31.0 Å². The highest BCUT2D eigenvalue weighted by Gasteiger charge is 2.27. The summed E-state index contributed by atoms with van der Waals surface area (Å²) in [6.45, 7) is 4.40. The van der Waals surface area contributed by atoms with Crippen molar-refractivity contribution in [2.45, 2.75) is 18.9 Å². The average Bonchev–Trinajstić information content (AvgIpc) is 2.79. The van der Waals surface area contributed by atoms with Gasteiger partial charge in [0.25, 0.3) is 0 Å². The second kappa shape index (κ2) is 8.96. The normalized spacial score (nSPS) is 18.9. The van der Waals surface area contributed by atoms with Crippen molar-refractivity contribution < 1.29 is 9.47 Å². The molecule has 0 aliphatic carbocycles. The lowest BCUT2D eigenvalue weighted by Crippen LogP contribution is -2.48. The second-order valence-corrected chi connectivity index (χ2v) is 8.30. The lowest BCUT2D eigenvalue weighted by molar-refractivity contribution is 0.185. The number of aromatic nitrogens is 3. The Kier molecular flexibility index (Phi) is 6.17. The van der Waals surface area contributed by atoms with Crippen LogP contribution in [0.4, 0.5) is 5.95 Å². The van der Waals surface area contributed by atoms with Crippen molar-refractivity contribution in [3.8, 4) is 22.8 Å². The van der Waals surface area contributed by atoms with Gasteiger partial charge in [-0.25, -0.2) is 4.98 Å². The van der Waals surface area contributed by atoms with E-state index < -0.39 is 0 Å². The maximum absolute atomic E-state index is 5.41. The molecule has 0 radical (unpaired) electrons. The zero-order valence-corrected chi connectivity index (χ0v) is 17.3. The van der Waals surface area contributed by atoms with Crippen LogP contribution in [0.1, 0.15) is 12.8 Å². The molecule has 2 saturated heterocycles. The minimum atomic E-state index is 0.681. The summed E-state index contributed by atoms with van der Waals surface area (Å²) in [4.78, 5) is 9.69. The molecule has 0 unspecified atom stereocenters. The van der Waals surface area contributed by atoms with E-state index in [2.05, 4.69) is 31.8 Å². The number of hydrogen-bond acceptors (Lipinski definition) is 8. The van der Waals surface area contributed by atoms with Crippen molar-refractivity contribution in [1.29, 1.82) is 0 Å². The molecule has 3 heterocycles. The summed E-state index contributed by atoms with van der Waals surface area (Å²) >= 11 is 2.07. The summed E-state index contributed by atoms with van der Waals surface area (Å²) in [5.74, 6) is 4.62. The molecular formula is C20H27N5O2S. The van der Waals surface area contributed by atoms with Gasteiger partial charge in [-0.2, -0.15) is 16.9 Å². The molecule has 150 valence electrons. The number of methoxy groups -OCH3 is 2. The highest BCUT2D eigenvalue weighted by molar-refractivity contribution is 7.99. The van der Waals surface area contributed by atoms with E-state index in [4.69, 9.17) is 14.5 Å². The number of rotatable bonds is 5. The highest BCUT2D eigenvalue weighted by atomic mass is 32.2. The zero-order valence-electron chi connectivity index (χ0n) is 16.5. The number of thioether (sulfide) groups is 1. The third-order valence-electron chi connectivity index (χ3n) is 5.54. The van der Waals surface area contributed by atoms with E-state index in [-0.39, 0.29) is 0 Å². The Labute approximate surface area is 170 Å². The molecule has 7 nitrogen and oxygen atoms in total. The molecular weight excluding hydrogens is 374 g/mol. The van der Waals surface area contributed by atoms with Crippen LogP contribution in [0.25, 0.3) is 11.3 Å². The molecule has 0 N–H and O–H groups in total. The molecule has 0 bridgehead atoms. The second-order valence-electron chi connectivity index (χ2n) is 7.08. The van der Waals surface area contributed by atoms with Crippen molar-refractivity contribution in [2.24, 2.45) is 0 Å². The predicted molar refractivity (Wildman–Crippen MR) is 113 cm³/mol. The van der Waals surface area contributed by atoms with Gasteiger partial charge in [-0.3, -0.25) is 4.90 Å². The fraction of sp³-hybridized carbons (Fsp3) is 0.550. The molecule has 2 aliphatic rings. The van der Waals surface area contributed by atoms with Crippen molar-refractivity contribution in [3.05, 3.63) is 24.4 Å². The number of hydrogen-bond donors (Lipinski definition) is 0. The van der Waals surface area contributed by atoms with Crippen molar-refractivity contribution >= 4 is 17.7 Å². The Morgan fingerprint density at radius 1 is 1.00 bits per heavy atom. The maximum atomic E-state index is 5.41. The van der Waals surface area contributed by atoms with Crippen LogP contribution in [-0.4, -0.2) is 78.0 Å². The van der Waals surface area contributed by atoms with E-state index in [1.165, 1.54) is 24.6 Å². The van der Waals surface area contributed by atoms with E-state index in [1.54, 1.807) is 20.4 Å². The molecule has 4 rings (SSSR count). The number of benzene rings is 1. The molecule has 28 heavy (non-hydrogen) atoms. The topological polar surface area (TPSA) is 63.6 Å². The zero-order chi connectivity index (χ0) is 19.3. The maximum Gasteiger partial charge on any atom is 0.245 e. The van der Waals surface area contributed by atoms with Crippen molar-refractivity contribution in [1.82, 2.24) is 20.1 Å². The van der Waals surface area contributed by atoms with Crippen molar-refractivity contribution in [3.63, 3.8) is 0 Å². The monoisotopic (exact) mass is 401 g/mol. The van der Waals surface area contributed by atoms with E-state index >= 15 is 0 Å². The van der Waals surface area contributed by atoms with Gasteiger partial charge in [-0.1, -0.05) is 0 Å². The van der Waals surface area contributed by atoms with E-state index in [9.17, 15) is 0 Å². The first-order valence-corrected chi connectivity index (χ1v) is 10.9. The first-order valence-electron chi connectivity index (χ1n) is 9.77. The van der Waals surface area contributed by atoms with Gasteiger partial charge in [0.1, 0.15) is 0 Å². The van der Waals surface area contributed by atoms with Crippen LogP contribution in [0.3, 0.4) is 0 Å². The highest BCUT2D eigenvalue weighted by Crippen LogP contribution is 2.32. The average molecular weight is 402 g/mol. The van der Waals surface area contributed by atoms with Crippen LogP contribution >= 0.6 is 11.8 Å². The minimum absolute atomic E-state index is 0.681. The van der Waals surface area contributed by atoms with E-state index in [0.717, 1.165) is 37.2 Å². The molecule has 1 aromatic heterocycles. The number of piperidine rings is 1. The number of nitrogens with zero attached hydrogens (tertiary/aromatic N) is 5. The van der Waals surface area contributed by atoms with Gasteiger partial charge in [-0.15, -0.1) is 5.10 Å². The molecule has 8 heteroatoms. The minimum Gasteiger partial charge on any atom is -0.493 e. The Morgan fingerprint density at radius 3 is 2.46 bits per heavy atom. The van der Waals surface area contributed by atoms with E-state index in [0.29, 0.717) is 23.5 Å². The first kappa shape index (κ1) is 19.3. The van der Waals surface area contributed by atoms with Crippen LogP contribution in [0, 0.1) is 0 Å². The van der Waals surface area contributed by atoms with Crippen LogP contribution in [0.2, 0.25) is 0 Å². The Hall–Kier alpha value is -2.06. The smallest absolute Gasteiger partial charge is 0.245 e. The Balaban J connectivity index is 1.46. The SMILES string of the molecule is COc1ccc(-c2cnnc(N3CCC(N4CCSCC4)CC3)n2)cc1OC. The first-order chi connectivity index (χ1) is 13.8.